The van der Waals surface area contributed by atoms with Crippen LogP contribution in [0.5, 0.6) is 0 Å². The summed E-state index contributed by atoms with van der Waals surface area (Å²) in [7, 11) is 0. The van der Waals surface area contributed by atoms with Gasteiger partial charge in [0.25, 0.3) is 0 Å². The Morgan fingerprint density at radius 3 is 2.41 bits per heavy atom. The van der Waals surface area contributed by atoms with Gasteiger partial charge in [0.05, 0.1) is 12.6 Å². The predicted molar refractivity (Wildman–Crippen MR) is 137 cm³/mol. The van der Waals surface area contributed by atoms with Crippen LogP contribution in [0.1, 0.15) is 45.1 Å². The van der Waals surface area contributed by atoms with E-state index in [0.717, 1.165) is 83.0 Å². The van der Waals surface area contributed by atoms with Crippen molar-refractivity contribution >= 4 is 35.8 Å². The van der Waals surface area contributed by atoms with Gasteiger partial charge in [-0.25, -0.2) is 4.39 Å². The number of amides is 1. The fourth-order valence-electron chi connectivity index (χ4n) is 4.84. The Hall–Kier alpha value is -1.42. The SMILES string of the molecule is CCNC(=NCC1(c2cccc(F)c2)CC1)N1CCN(C(C)C(=O)N2CCCC2)CC1.I. The van der Waals surface area contributed by atoms with E-state index < -0.39 is 0 Å². The third-order valence-electron chi connectivity index (χ3n) is 7.09. The third-order valence-corrected chi connectivity index (χ3v) is 7.09. The number of aliphatic imine (C=N–C) groups is 1. The molecule has 1 aliphatic carbocycles. The van der Waals surface area contributed by atoms with E-state index in [2.05, 4.69) is 22.0 Å². The second-order valence-corrected chi connectivity index (χ2v) is 9.19. The van der Waals surface area contributed by atoms with Gasteiger partial charge in [-0.1, -0.05) is 12.1 Å². The first-order chi connectivity index (χ1) is 15.0. The summed E-state index contributed by atoms with van der Waals surface area (Å²) in [5.74, 6) is 1.04. The normalized spacial score (nSPS) is 21.8. The maximum absolute atomic E-state index is 13.7. The second kappa shape index (κ2) is 11.1. The number of likely N-dealkylation sites (tertiary alicyclic amines) is 1. The lowest BCUT2D eigenvalue weighted by Crippen LogP contribution is -2.57. The van der Waals surface area contributed by atoms with Crippen LogP contribution < -0.4 is 5.32 Å². The van der Waals surface area contributed by atoms with Gasteiger partial charge >= 0.3 is 0 Å². The summed E-state index contributed by atoms with van der Waals surface area (Å²) in [6, 6.07) is 6.93. The number of benzene rings is 1. The van der Waals surface area contributed by atoms with E-state index in [4.69, 9.17) is 4.99 Å². The molecule has 1 aromatic rings. The number of carbonyl (C=O) groups excluding carboxylic acids is 1. The Labute approximate surface area is 208 Å². The zero-order valence-corrected chi connectivity index (χ0v) is 21.7. The highest BCUT2D eigenvalue weighted by Crippen LogP contribution is 2.48. The summed E-state index contributed by atoms with van der Waals surface area (Å²) in [6.07, 6.45) is 4.38. The molecule has 0 spiro atoms. The lowest BCUT2D eigenvalue weighted by Gasteiger charge is -2.39. The van der Waals surface area contributed by atoms with Crippen LogP contribution in [0.15, 0.2) is 29.3 Å². The number of nitrogens with one attached hydrogen (secondary N) is 1. The molecular weight excluding hydrogens is 520 g/mol. The third kappa shape index (κ3) is 5.73. The van der Waals surface area contributed by atoms with Crippen molar-refractivity contribution in [3.05, 3.63) is 35.6 Å². The van der Waals surface area contributed by atoms with E-state index in [1.807, 2.05) is 17.9 Å². The molecule has 8 heteroatoms. The quantitative estimate of drug-likeness (QED) is 0.332. The van der Waals surface area contributed by atoms with Crippen LogP contribution in [0.2, 0.25) is 0 Å². The van der Waals surface area contributed by atoms with Gasteiger partial charge in [-0.15, -0.1) is 24.0 Å². The molecule has 1 unspecified atom stereocenters. The van der Waals surface area contributed by atoms with Crippen molar-refractivity contribution in [2.75, 3.05) is 52.4 Å². The molecule has 0 radical (unpaired) electrons. The van der Waals surface area contributed by atoms with Crippen LogP contribution >= 0.6 is 24.0 Å². The zero-order chi connectivity index (χ0) is 21.8. The lowest BCUT2D eigenvalue weighted by molar-refractivity contribution is -0.135. The van der Waals surface area contributed by atoms with Gasteiger partial charge in [0.1, 0.15) is 5.82 Å². The molecule has 0 bridgehead atoms. The van der Waals surface area contributed by atoms with E-state index in [0.29, 0.717) is 6.54 Å². The van der Waals surface area contributed by atoms with Crippen LogP contribution in [0, 0.1) is 5.82 Å². The molecule has 2 saturated heterocycles. The Morgan fingerprint density at radius 2 is 1.81 bits per heavy atom. The van der Waals surface area contributed by atoms with Crippen molar-refractivity contribution in [1.82, 2.24) is 20.0 Å². The molecule has 1 amide bonds. The fourth-order valence-corrected chi connectivity index (χ4v) is 4.84. The number of halogens is 2. The molecule has 3 fully saturated rings. The molecule has 6 nitrogen and oxygen atoms in total. The van der Waals surface area contributed by atoms with Crippen molar-refractivity contribution in [2.45, 2.75) is 51.0 Å². The van der Waals surface area contributed by atoms with Crippen LogP contribution in [0.4, 0.5) is 4.39 Å². The minimum atomic E-state index is -0.173. The standard InChI is InChI=1S/C24H36FN5O.HI/c1-3-26-23(27-18-24(9-10-24)20-7-6-8-21(25)17-20)30-15-13-28(14-16-30)19(2)22(31)29-11-4-5-12-29;/h6-8,17,19H,3-5,9-16,18H2,1-2H3,(H,26,27);1H. The summed E-state index contributed by atoms with van der Waals surface area (Å²) in [5.41, 5.74) is 1.05. The maximum Gasteiger partial charge on any atom is 0.239 e. The van der Waals surface area contributed by atoms with Crippen LogP contribution in [0.3, 0.4) is 0 Å². The second-order valence-electron chi connectivity index (χ2n) is 9.19. The Balaban J connectivity index is 0.00000289. The average molecular weight is 557 g/mol. The molecule has 4 rings (SSSR count). The molecule has 2 aliphatic heterocycles. The van der Waals surface area contributed by atoms with Crippen molar-refractivity contribution in [2.24, 2.45) is 4.99 Å². The predicted octanol–water partition coefficient (Wildman–Crippen LogP) is 3.07. The van der Waals surface area contributed by atoms with Crippen molar-refractivity contribution in [3.63, 3.8) is 0 Å². The number of hydrogen-bond acceptors (Lipinski definition) is 3. The van der Waals surface area contributed by atoms with Gasteiger partial charge in [0.2, 0.25) is 5.91 Å². The topological polar surface area (TPSA) is 51.2 Å². The van der Waals surface area contributed by atoms with Crippen molar-refractivity contribution in [1.29, 1.82) is 0 Å². The lowest BCUT2D eigenvalue weighted by atomic mass is 9.96. The molecule has 1 saturated carbocycles. The molecule has 2 heterocycles. The minimum Gasteiger partial charge on any atom is -0.357 e. The van der Waals surface area contributed by atoms with Gasteiger partial charge in [0.15, 0.2) is 5.96 Å². The highest BCUT2D eigenvalue weighted by atomic mass is 127. The summed E-state index contributed by atoms with van der Waals surface area (Å²) < 4.78 is 13.7. The fraction of sp³-hybridized carbons (Fsp3) is 0.667. The highest BCUT2D eigenvalue weighted by molar-refractivity contribution is 14.0. The van der Waals surface area contributed by atoms with Crippen LogP contribution in [-0.2, 0) is 10.2 Å². The van der Waals surface area contributed by atoms with Gasteiger partial charge in [-0.2, -0.15) is 0 Å². The minimum absolute atomic E-state index is 0. The Bertz CT molecular complexity index is 801. The molecule has 0 aromatic heterocycles. The summed E-state index contributed by atoms with van der Waals surface area (Å²) in [6.45, 7) is 10.9. The number of carbonyl (C=O) groups is 1. The molecule has 1 N–H and O–H groups in total. The first kappa shape index (κ1) is 25.2. The smallest absolute Gasteiger partial charge is 0.239 e. The molecular formula is C24H37FIN5O. The van der Waals surface area contributed by atoms with Gasteiger partial charge in [-0.05, 0) is 57.2 Å². The van der Waals surface area contributed by atoms with Gasteiger partial charge in [-0.3, -0.25) is 14.7 Å². The first-order valence-corrected chi connectivity index (χ1v) is 11.8. The van der Waals surface area contributed by atoms with E-state index in [-0.39, 0.29) is 47.2 Å². The Kier molecular flexibility index (Phi) is 8.77. The molecule has 1 atom stereocenters. The summed E-state index contributed by atoms with van der Waals surface area (Å²) >= 11 is 0. The van der Waals surface area contributed by atoms with E-state index in [9.17, 15) is 9.18 Å². The van der Waals surface area contributed by atoms with Crippen LogP contribution in [-0.4, -0.2) is 85.0 Å². The number of guanidine groups is 1. The number of hydrogen-bond donors (Lipinski definition) is 1. The molecule has 178 valence electrons. The van der Waals surface area contributed by atoms with Gasteiger partial charge in [0, 0.05) is 51.2 Å². The van der Waals surface area contributed by atoms with Gasteiger partial charge < -0.3 is 15.1 Å². The maximum atomic E-state index is 13.7. The molecule has 32 heavy (non-hydrogen) atoms. The average Bonchev–Trinajstić information content (AvgIpc) is 3.38. The first-order valence-electron chi connectivity index (χ1n) is 11.8. The van der Waals surface area contributed by atoms with E-state index >= 15 is 0 Å². The Morgan fingerprint density at radius 1 is 1.12 bits per heavy atom. The summed E-state index contributed by atoms with van der Waals surface area (Å²) in [4.78, 5) is 24.3. The van der Waals surface area contributed by atoms with Crippen LogP contribution in [0.25, 0.3) is 0 Å². The molecule has 3 aliphatic rings. The number of rotatable bonds is 6. The number of nitrogens with zero attached hydrogens (tertiary/aromatic N) is 4. The molecule has 1 aromatic carbocycles. The number of piperazine rings is 1. The monoisotopic (exact) mass is 557 g/mol. The largest absolute Gasteiger partial charge is 0.357 e. The van der Waals surface area contributed by atoms with Crippen molar-refractivity contribution in [3.8, 4) is 0 Å². The zero-order valence-electron chi connectivity index (χ0n) is 19.4. The van der Waals surface area contributed by atoms with E-state index in [1.54, 1.807) is 12.1 Å². The van der Waals surface area contributed by atoms with E-state index in [1.165, 1.54) is 6.07 Å². The van der Waals surface area contributed by atoms with Crippen molar-refractivity contribution < 1.29 is 9.18 Å². The summed E-state index contributed by atoms with van der Waals surface area (Å²) in [5, 5.41) is 3.44. The highest BCUT2D eigenvalue weighted by Gasteiger charge is 2.44.